The molecule has 2 rings (SSSR count). The van der Waals surface area contributed by atoms with Gasteiger partial charge in [0.15, 0.2) is 0 Å². The standard InChI is InChI=1S/C12H15NO/c1-2-11(14)9-13-8-7-10-5-3-4-6-12(10)13/h3-8,11,14H,2,9H2,1H3. The summed E-state index contributed by atoms with van der Waals surface area (Å²) in [7, 11) is 0. The van der Waals surface area contributed by atoms with Gasteiger partial charge in [0.25, 0.3) is 0 Å². The maximum atomic E-state index is 9.57. The quantitative estimate of drug-likeness (QED) is 0.788. The van der Waals surface area contributed by atoms with Crippen molar-refractivity contribution in [2.24, 2.45) is 0 Å². The maximum Gasteiger partial charge on any atom is 0.0716 e. The summed E-state index contributed by atoms with van der Waals surface area (Å²) in [6.45, 7) is 2.68. The van der Waals surface area contributed by atoms with E-state index in [1.54, 1.807) is 0 Å². The van der Waals surface area contributed by atoms with E-state index in [1.165, 1.54) is 10.9 Å². The first kappa shape index (κ1) is 9.28. The molecular weight excluding hydrogens is 174 g/mol. The molecule has 0 saturated carbocycles. The molecule has 1 aromatic carbocycles. The first-order valence-corrected chi connectivity index (χ1v) is 5.03. The molecule has 0 aliphatic rings. The summed E-state index contributed by atoms with van der Waals surface area (Å²) in [6, 6.07) is 10.3. The molecule has 0 aliphatic carbocycles. The van der Waals surface area contributed by atoms with Crippen LogP contribution in [0.3, 0.4) is 0 Å². The zero-order chi connectivity index (χ0) is 9.97. The zero-order valence-electron chi connectivity index (χ0n) is 8.35. The van der Waals surface area contributed by atoms with Crippen molar-refractivity contribution in [2.75, 3.05) is 0 Å². The second-order valence-corrected chi connectivity index (χ2v) is 3.59. The van der Waals surface area contributed by atoms with Crippen molar-refractivity contribution in [1.29, 1.82) is 0 Å². The number of aromatic nitrogens is 1. The average Bonchev–Trinajstić information content (AvgIpc) is 2.62. The van der Waals surface area contributed by atoms with Crippen molar-refractivity contribution in [1.82, 2.24) is 4.57 Å². The van der Waals surface area contributed by atoms with Crippen LogP contribution in [0.1, 0.15) is 13.3 Å². The van der Waals surface area contributed by atoms with Crippen LogP contribution in [-0.2, 0) is 6.54 Å². The molecule has 74 valence electrons. The number of benzene rings is 1. The molecule has 0 fully saturated rings. The minimum Gasteiger partial charge on any atom is -0.391 e. The Hall–Kier alpha value is -1.28. The van der Waals surface area contributed by atoms with Crippen LogP contribution in [-0.4, -0.2) is 15.8 Å². The van der Waals surface area contributed by atoms with Gasteiger partial charge in [0.1, 0.15) is 0 Å². The summed E-state index contributed by atoms with van der Waals surface area (Å²) < 4.78 is 2.10. The van der Waals surface area contributed by atoms with Crippen molar-refractivity contribution in [3.63, 3.8) is 0 Å². The van der Waals surface area contributed by atoms with Gasteiger partial charge in [-0.15, -0.1) is 0 Å². The normalized spacial score (nSPS) is 13.3. The van der Waals surface area contributed by atoms with Gasteiger partial charge in [-0.25, -0.2) is 0 Å². The Morgan fingerprint density at radius 3 is 2.86 bits per heavy atom. The van der Waals surface area contributed by atoms with E-state index in [-0.39, 0.29) is 6.10 Å². The van der Waals surface area contributed by atoms with Gasteiger partial charge in [0, 0.05) is 18.3 Å². The number of hydrogen-bond donors (Lipinski definition) is 1. The molecule has 1 heterocycles. The van der Waals surface area contributed by atoms with Gasteiger partial charge >= 0.3 is 0 Å². The van der Waals surface area contributed by atoms with Crippen LogP contribution in [0, 0.1) is 0 Å². The molecule has 2 nitrogen and oxygen atoms in total. The number of aliphatic hydroxyl groups is 1. The smallest absolute Gasteiger partial charge is 0.0716 e. The van der Waals surface area contributed by atoms with E-state index in [2.05, 4.69) is 22.8 Å². The first-order valence-electron chi connectivity index (χ1n) is 5.03. The third-order valence-electron chi connectivity index (χ3n) is 2.56. The molecule has 0 spiro atoms. The van der Waals surface area contributed by atoms with Crippen LogP contribution >= 0.6 is 0 Å². The van der Waals surface area contributed by atoms with E-state index in [9.17, 15) is 5.11 Å². The topological polar surface area (TPSA) is 25.2 Å². The highest BCUT2D eigenvalue weighted by molar-refractivity contribution is 5.79. The number of hydrogen-bond acceptors (Lipinski definition) is 1. The molecule has 1 N–H and O–H groups in total. The number of fused-ring (bicyclic) bond motifs is 1. The lowest BCUT2D eigenvalue weighted by Gasteiger charge is -2.09. The molecule has 1 unspecified atom stereocenters. The largest absolute Gasteiger partial charge is 0.391 e. The summed E-state index contributed by atoms with van der Waals surface area (Å²) in [5.74, 6) is 0. The van der Waals surface area contributed by atoms with Crippen LogP contribution in [0.5, 0.6) is 0 Å². The third-order valence-corrected chi connectivity index (χ3v) is 2.56. The molecule has 2 heteroatoms. The highest BCUT2D eigenvalue weighted by atomic mass is 16.3. The second kappa shape index (κ2) is 3.84. The predicted octanol–water partition coefficient (Wildman–Crippen LogP) is 2.41. The lowest BCUT2D eigenvalue weighted by atomic mass is 10.2. The zero-order valence-corrected chi connectivity index (χ0v) is 8.35. The number of nitrogens with zero attached hydrogens (tertiary/aromatic N) is 1. The molecule has 0 amide bonds. The molecule has 0 radical (unpaired) electrons. The molecule has 2 aromatic rings. The van der Waals surface area contributed by atoms with Crippen LogP contribution in [0.25, 0.3) is 10.9 Å². The Morgan fingerprint density at radius 2 is 2.07 bits per heavy atom. The van der Waals surface area contributed by atoms with Gasteiger partial charge in [-0.2, -0.15) is 0 Å². The van der Waals surface area contributed by atoms with Gasteiger partial charge in [0.2, 0.25) is 0 Å². The molecule has 0 saturated heterocycles. The summed E-state index contributed by atoms with van der Waals surface area (Å²) >= 11 is 0. The molecule has 1 atom stereocenters. The van der Waals surface area contributed by atoms with E-state index in [0.29, 0.717) is 6.54 Å². The maximum absolute atomic E-state index is 9.57. The van der Waals surface area contributed by atoms with E-state index in [0.717, 1.165) is 6.42 Å². The van der Waals surface area contributed by atoms with Crippen molar-refractivity contribution < 1.29 is 5.11 Å². The lowest BCUT2D eigenvalue weighted by Crippen LogP contribution is -2.13. The lowest BCUT2D eigenvalue weighted by molar-refractivity contribution is 0.151. The molecule has 1 aromatic heterocycles. The minimum absolute atomic E-state index is 0.245. The van der Waals surface area contributed by atoms with Gasteiger partial charge in [-0.3, -0.25) is 0 Å². The fourth-order valence-corrected chi connectivity index (χ4v) is 1.66. The SMILES string of the molecule is CCC(O)Cn1ccc2ccccc21. The second-order valence-electron chi connectivity index (χ2n) is 3.59. The van der Waals surface area contributed by atoms with Crippen molar-refractivity contribution in [3.8, 4) is 0 Å². The van der Waals surface area contributed by atoms with E-state index >= 15 is 0 Å². The summed E-state index contributed by atoms with van der Waals surface area (Å²) in [5.41, 5.74) is 1.19. The molecule has 0 bridgehead atoms. The van der Waals surface area contributed by atoms with Gasteiger partial charge in [0.05, 0.1) is 6.10 Å². The van der Waals surface area contributed by atoms with Crippen LogP contribution in [0.15, 0.2) is 36.5 Å². The Balaban J connectivity index is 2.33. The summed E-state index contributed by atoms with van der Waals surface area (Å²) in [6.07, 6.45) is 2.58. The monoisotopic (exact) mass is 189 g/mol. The summed E-state index contributed by atoms with van der Waals surface area (Å²) in [4.78, 5) is 0. The van der Waals surface area contributed by atoms with Gasteiger partial charge in [-0.05, 0) is 23.9 Å². The Bertz CT molecular complexity index is 419. The van der Waals surface area contributed by atoms with Crippen LogP contribution < -0.4 is 0 Å². The average molecular weight is 189 g/mol. The van der Waals surface area contributed by atoms with Crippen LogP contribution in [0.4, 0.5) is 0 Å². The van der Waals surface area contributed by atoms with Crippen molar-refractivity contribution in [3.05, 3.63) is 36.5 Å². The number of para-hydroxylation sites is 1. The molecular formula is C12H15NO. The molecule has 14 heavy (non-hydrogen) atoms. The van der Waals surface area contributed by atoms with Crippen LogP contribution in [0.2, 0.25) is 0 Å². The van der Waals surface area contributed by atoms with Crippen molar-refractivity contribution in [2.45, 2.75) is 26.0 Å². The van der Waals surface area contributed by atoms with Gasteiger partial charge in [-0.1, -0.05) is 25.1 Å². The van der Waals surface area contributed by atoms with E-state index < -0.39 is 0 Å². The number of aliphatic hydroxyl groups excluding tert-OH is 1. The predicted molar refractivity (Wildman–Crippen MR) is 58.2 cm³/mol. The Morgan fingerprint density at radius 1 is 1.29 bits per heavy atom. The minimum atomic E-state index is -0.245. The Labute approximate surface area is 83.8 Å². The Kier molecular flexibility index (Phi) is 2.55. The highest BCUT2D eigenvalue weighted by Gasteiger charge is 2.04. The van der Waals surface area contributed by atoms with E-state index in [1.807, 2.05) is 25.3 Å². The highest BCUT2D eigenvalue weighted by Crippen LogP contribution is 2.15. The fraction of sp³-hybridized carbons (Fsp3) is 0.333. The third kappa shape index (κ3) is 1.66. The van der Waals surface area contributed by atoms with Gasteiger partial charge < -0.3 is 9.67 Å². The summed E-state index contributed by atoms with van der Waals surface area (Å²) in [5, 5.41) is 10.8. The molecule has 0 aliphatic heterocycles. The number of rotatable bonds is 3. The fourth-order valence-electron chi connectivity index (χ4n) is 1.66. The van der Waals surface area contributed by atoms with E-state index in [4.69, 9.17) is 0 Å². The first-order chi connectivity index (χ1) is 6.81. The van der Waals surface area contributed by atoms with Crippen molar-refractivity contribution >= 4 is 10.9 Å².